The number of esters is 1. The Kier molecular flexibility index (Phi) is 5.82. The normalized spacial score (nSPS) is 15.4. The highest BCUT2D eigenvalue weighted by Crippen LogP contribution is 2.34. The molecule has 4 rings (SSSR count). The van der Waals surface area contributed by atoms with Crippen LogP contribution in [-0.4, -0.2) is 36.2 Å². The van der Waals surface area contributed by atoms with Gasteiger partial charge < -0.3 is 10.5 Å². The maximum Gasteiger partial charge on any atom is 0.312 e. The third-order valence-corrected chi connectivity index (χ3v) is 5.69. The highest BCUT2D eigenvalue weighted by atomic mass is 16.5. The summed E-state index contributed by atoms with van der Waals surface area (Å²) in [5.41, 5.74) is 7.87. The van der Waals surface area contributed by atoms with Gasteiger partial charge in [0.15, 0.2) is 6.73 Å². The van der Waals surface area contributed by atoms with E-state index in [-0.39, 0.29) is 18.6 Å². The molecule has 0 spiro atoms. The van der Waals surface area contributed by atoms with E-state index in [1.807, 2.05) is 39.2 Å². The number of carbonyl (C=O) groups excluding carboxylic acids is 2. The number of rotatable bonds is 6. The van der Waals surface area contributed by atoms with Gasteiger partial charge in [-0.2, -0.15) is 5.10 Å². The van der Waals surface area contributed by atoms with Crippen LogP contribution in [0.2, 0.25) is 0 Å². The summed E-state index contributed by atoms with van der Waals surface area (Å²) < 4.78 is 8.93. The van der Waals surface area contributed by atoms with Gasteiger partial charge in [0.25, 0.3) is 0 Å². The van der Waals surface area contributed by atoms with Gasteiger partial charge in [-0.1, -0.05) is 12.8 Å². The van der Waals surface area contributed by atoms with E-state index in [9.17, 15) is 9.59 Å². The van der Waals surface area contributed by atoms with Crippen molar-refractivity contribution in [2.45, 2.75) is 53.2 Å². The number of amides is 1. The van der Waals surface area contributed by atoms with E-state index < -0.39 is 11.3 Å². The molecule has 0 atom stereocenters. The van der Waals surface area contributed by atoms with Gasteiger partial charge in [0.2, 0.25) is 5.91 Å². The lowest BCUT2D eigenvalue weighted by molar-refractivity contribution is -0.156. The van der Waals surface area contributed by atoms with Gasteiger partial charge in [-0.3, -0.25) is 14.2 Å². The van der Waals surface area contributed by atoms with E-state index in [1.165, 1.54) is 12.4 Å². The van der Waals surface area contributed by atoms with Crippen LogP contribution in [-0.2, 0) is 21.1 Å². The quantitative estimate of drug-likeness (QED) is 0.468. The van der Waals surface area contributed by atoms with Gasteiger partial charge in [-0.15, -0.1) is 0 Å². The zero-order valence-corrected chi connectivity index (χ0v) is 18.6. The number of fused-ring (bicyclic) bond motifs is 1. The third-order valence-electron chi connectivity index (χ3n) is 5.69. The first-order chi connectivity index (χ1) is 15.2. The Labute approximate surface area is 186 Å². The van der Waals surface area contributed by atoms with Crippen molar-refractivity contribution in [3.63, 3.8) is 0 Å². The second-order valence-electron chi connectivity index (χ2n) is 9.18. The van der Waals surface area contributed by atoms with E-state index in [2.05, 4.69) is 15.1 Å². The minimum Gasteiger partial charge on any atom is -0.443 e. The molecule has 32 heavy (non-hydrogen) atoms. The number of hydrogen-bond donors (Lipinski definition) is 1. The van der Waals surface area contributed by atoms with Crippen LogP contribution in [0.3, 0.4) is 0 Å². The predicted octanol–water partition coefficient (Wildman–Crippen LogP) is 3.36. The lowest BCUT2D eigenvalue weighted by Gasteiger charge is -2.17. The highest BCUT2D eigenvalue weighted by Gasteiger charge is 2.24. The highest BCUT2D eigenvalue weighted by molar-refractivity contribution is 5.92. The second-order valence-corrected chi connectivity index (χ2v) is 9.18. The number of nitrogens with two attached hydrogens (primary N) is 1. The van der Waals surface area contributed by atoms with Crippen LogP contribution in [0, 0.1) is 11.3 Å². The molecule has 9 heteroatoms. The lowest BCUT2D eigenvalue weighted by atomic mass is 9.98. The smallest absolute Gasteiger partial charge is 0.312 e. The zero-order chi connectivity index (χ0) is 22.9. The summed E-state index contributed by atoms with van der Waals surface area (Å²) >= 11 is 0. The lowest BCUT2D eigenvalue weighted by Crippen LogP contribution is -2.23. The molecule has 1 saturated carbocycles. The van der Waals surface area contributed by atoms with Crippen LogP contribution in [0.4, 0.5) is 0 Å². The first-order valence-electron chi connectivity index (χ1n) is 10.8. The van der Waals surface area contributed by atoms with Crippen molar-refractivity contribution in [3.8, 4) is 11.3 Å². The number of carbonyl (C=O) groups is 2. The number of nitrogens with zero attached hydrogens (tertiary/aromatic N) is 5. The van der Waals surface area contributed by atoms with Crippen molar-refractivity contribution in [1.29, 1.82) is 0 Å². The van der Waals surface area contributed by atoms with E-state index >= 15 is 0 Å². The Bertz CT molecular complexity index is 1180. The molecule has 2 N–H and O–H groups in total. The van der Waals surface area contributed by atoms with E-state index in [0.29, 0.717) is 11.3 Å². The Morgan fingerprint density at radius 3 is 2.69 bits per heavy atom. The molecule has 1 aliphatic carbocycles. The standard InChI is InChI=1S/C23H28N6O3/c1-23(2,3)22(31)32-14-28-9-8-17-20(25-13-26-21(17)28)16-11-27-29(12-16)18(10-19(24)30)15-6-4-5-7-15/h8-13,15H,4-7,14H2,1-3H3,(H2,24,30). The summed E-state index contributed by atoms with van der Waals surface area (Å²) in [7, 11) is 0. The first-order valence-corrected chi connectivity index (χ1v) is 10.8. The molecule has 0 aliphatic heterocycles. The molecular weight excluding hydrogens is 408 g/mol. The van der Waals surface area contributed by atoms with E-state index in [4.69, 9.17) is 10.5 Å². The molecule has 3 aromatic rings. The maximum absolute atomic E-state index is 12.1. The van der Waals surface area contributed by atoms with Crippen LogP contribution in [0.5, 0.6) is 0 Å². The molecule has 9 nitrogen and oxygen atoms in total. The third kappa shape index (κ3) is 4.42. The van der Waals surface area contributed by atoms with E-state index in [1.54, 1.807) is 15.4 Å². The average molecular weight is 437 g/mol. The molecule has 0 unspecified atom stereocenters. The molecule has 1 amide bonds. The molecule has 0 aromatic carbocycles. The topological polar surface area (TPSA) is 118 Å². The zero-order valence-electron chi connectivity index (χ0n) is 18.6. The predicted molar refractivity (Wildman–Crippen MR) is 120 cm³/mol. The molecule has 0 saturated heterocycles. The monoisotopic (exact) mass is 436 g/mol. The molecule has 3 aromatic heterocycles. The van der Waals surface area contributed by atoms with Crippen LogP contribution >= 0.6 is 0 Å². The largest absolute Gasteiger partial charge is 0.443 e. The SMILES string of the molecule is CC(C)(C)C(=O)OCn1ccc2c(-c3cnn(C(=CC(N)=O)C4CCCC4)c3)ncnc21. The molecule has 1 fully saturated rings. The fourth-order valence-corrected chi connectivity index (χ4v) is 4.01. The number of primary amides is 1. The van der Waals surface area contributed by atoms with Gasteiger partial charge in [-0.05, 0) is 39.7 Å². The molecule has 1 aliphatic rings. The minimum atomic E-state index is -0.576. The number of allylic oxidation sites excluding steroid dienone is 1. The Balaban J connectivity index is 1.63. The summed E-state index contributed by atoms with van der Waals surface area (Å²) in [6, 6.07) is 1.89. The molecule has 0 radical (unpaired) electrons. The Morgan fingerprint density at radius 1 is 1.25 bits per heavy atom. The summed E-state index contributed by atoms with van der Waals surface area (Å²) in [5, 5.41) is 5.31. The number of aromatic nitrogens is 5. The van der Waals surface area contributed by atoms with Gasteiger partial charge in [0, 0.05) is 35.3 Å². The fourth-order valence-electron chi connectivity index (χ4n) is 4.01. The van der Waals surface area contributed by atoms with Gasteiger partial charge >= 0.3 is 5.97 Å². The van der Waals surface area contributed by atoms with Crippen molar-refractivity contribution >= 4 is 28.6 Å². The maximum atomic E-state index is 12.1. The molecule has 0 bridgehead atoms. The molecule has 3 heterocycles. The summed E-state index contributed by atoms with van der Waals surface area (Å²) in [6.07, 6.45) is 12.7. The van der Waals surface area contributed by atoms with Crippen LogP contribution in [0.25, 0.3) is 28.0 Å². The van der Waals surface area contributed by atoms with Gasteiger partial charge in [0.1, 0.15) is 12.0 Å². The minimum absolute atomic E-state index is 0.0719. The van der Waals surface area contributed by atoms with Crippen molar-refractivity contribution in [1.82, 2.24) is 24.3 Å². The van der Waals surface area contributed by atoms with Crippen LogP contribution in [0.15, 0.2) is 37.1 Å². The van der Waals surface area contributed by atoms with Crippen molar-refractivity contribution in [2.75, 3.05) is 0 Å². The fraction of sp³-hybridized carbons (Fsp3) is 0.435. The molecule has 168 valence electrons. The van der Waals surface area contributed by atoms with Crippen molar-refractivity contribution in [3.05, 3.63) is 37.1 Å². The first kappa shape index (κ1) is 21.7. The Hall–Kier alpha value is -3.49. The van der Waals surface area contributed by atoms with Crippen molar-refractivity contribution in [2.24, 2.45) is 17.1 Å². The second kappa shape index (κ2) is 8.57. The summed E-state index contributed by atoms with van der Waals surface area (Å²) in [5.74, 6) is -0.495. The number of ether oxygens (including phenoxy) is 1. The van der Waals surface area contributed by atoms with Crippen molar-refractivity contribution < 1.29 is 14.3 Å². The van der Waals surface area contributed by atoms with Crippen LogP contribution in [0.1, 0.15) is 46.5 Å². The number of hydrogen-bond acceptors (Lipinski definition) is 6. The van der Waals surface area contributed by atoms with Crippen LogP contribution < -0.4 is 5.73 Å². The summed E-state index contributed by atoms with van der Waals surface area (Å²) in [4.78, 5) is 32.6. The molecular formula is C23H28N6O3. The van der Waals surface area contributed by atoms with E-state index in [0.717, 1.165) is 42.3 Å². The van der Waals surface area contributed by atoms with Gasteiger partial charge in [-0.25, -0.2) is 14.6 Å². The average Bonchev–Trinajstić information content (AvgIpc) is 3.50. The van der Waals surface area contributed by atoms with Gasteiger partial charge in [0.05, 0.1) is 23.0 Å². The Morgan fingerprint density at radius 2 is 2.00 bits per heavy atom. The summed E-state index contributed by atoms with van der Waals surface area (Å²) in [6.45, 7) is 5.51.